The van der Waals surface area contributed by atoms with E-state index in [0.717, 1.165) is 6.07 Å². The first-order valence-corrected chi connectivity index (χ1v) is 10.6. The zero-order valence-electron chi connectivity index (χ0n) is 17.6. The SMILES string of the molecule is O=C(COC(=O)C1CC(=O)Nc2cc(F)ccc21)Nc1ccc(Cl)cc1C(=O)c1ccccc1. The van der Waals surface area contributed by atoms with Gasteiger partial charge in [-0.15, -0.1) is 0 Å². The number of rotatable bonds is 6. The molecule has 1 unspecified atom stereocenters. The van der Waals surface area contributed by atoms with Gasteiger partial charge in [-0.2, -0.15) is 0 Å². The molecule has 3 aromatic carbocycles. The number of hydrogen-bond donors (Lipinski definition) is 2. The van der Waals surface area contributed by atoms with Crippen LogP contribution in [-0.4, -0.2) is 30.2 Å². The predicted octanol–water partition coefficient (Wildman–Crippen LogP) is 4.32. The standard InChI is InChI=1S/C25H18ClFN2O5/c26-15-6-9-20(19(10-15)24(32)14-4-2-1-3-5-14)28-23(31)13-34-25(33)18-12-22(30)29-21-11-16(27)7-8-17(18)21/h1-11,18H,12-13H2,(H,28,31)(H,29,30). The van der Waals surface area contributed by atoms with E-state index in [2.05, 4.69) is 10.6 Å². The van der Waals surface area contributed by atoms with Crippen molar-refractivity contribution in [2.45, 2.75) is 12.3 Å². The molecule has 2 N–H and O–H groups in total. The molecule has 1 atom stereocenters. The highest BCUT2D eigenvalue weighted by Gasteiger charge is 2.32. The van der Waals surface area contributed by atoms with Crippen molar-refractivity contribution in [3.8, 4) is 0 Å². The number of ketones is 1. The average molecular weight is 481 g/mol. The van der Waals surface area contributed by atoms with Crippen molar-refractivity contribution in [3.63, 3.8) is 0 Å². The molecule has 0 saturated heterocycles. The molecule has 7 nitrogen and oxygen atoms in total. The molecule has 1 aliphatic rings. The normalized spacial score (nSPS) is 14.5. The quantitative estimate of drug-likeness (QED) is 0.404. The number of fused-ring (bicyclic) bond motifs is 1. The number of amides is 2. The van der Waals surface area contributed by atoms with Gasteiger partial charge in [0, 0.05) is 28.3 Å². The summed E-state index contributed by atoms with van der Waals surface area (Å²) in [5.74, 6) is -3.81. The van der Waals surface area contributed by atoms with Crippen LogP contribution >= 0.6 is 11.6 Å². The zero-order chi connectivity index (χ0) is 24.2. The molecule has 172 valence electrons. The lowest BCUT2D eigenvalue weighted by atomic mass is 9.90. The molecule has 0 spiro atoms. The molecular weight excluding hydrogens is 463 g/mol. The van der Waals surface area contributed by atoms with E-state index in [-0.39, 0.29) is 29.1 Å². The predicted molar refractivity (Wildman–Crippen MR) is 123 cm³/mol. The number of anilines is 2. The van der Waals surface area contributed by atoms with Gasteiger partial charge in [-0.1, -0.05) is 48.0 Å². The second-order valence-electron chi connectivity index (χ2n) is 7.58. The summed E-state index contributed by atoms with van der Waals surface area (Å²) < 4.78 is 18.6. The highest BCUT2D eigenvalue weighted by atomic mass is 35.5. The van der Waals surface area contributed by atoms with Crippen LogP contribution in [0.4, 0.5) is 15.8 Å². The van der Waals surface area contributed by atoms with Gasteiger partial charge in [0.05, 0.1) is 11.6 Å². The topological polar surface area (TPSA) is 102 Å². The van der Waals surface area contributed by atoms with Crippen molar-refractivity contribution in [1.82, 2.24) is 0 Å². The van der Waals surface area contributed by atoms with Gasteiger partial charge < -0.3 is 15.4 Å². The molecule has 3 aromatic rings. The molecule has 0 aromatic heterocycles. The summed E-state index contributed by atoms with van der Waals surface area (Å²) in [6.45, 7) is -0.644. The van der Waals surface area contributed by atoms with Crippen LogP contribution in [0.25, 0.3) is 0 Å². The molecule has 1 heterocycles. The number of esters is 1. The van der Waals surface area contributed by atoms with E-state index in [9.17, 15) is 23.6 Å². The van der Waals surface area contributed by atoms with Crippen LogP contribution in [-0.2, 0) is 19.1 Å². The number of carbonyl (C=O) groups excluding carboxylic acids is 4. The van der Waals surface area contributed by atoms with E-state index < -0.39 is 36.1 Å². The Bertz CT molecular complexity index is 1300. The van der Waals surface area contributed by atoms with Crippen molar-refractivity contribution in [2.75, 3.05) is 17.2 Å². The van der Waals surface area contributed by atoms with E-state index in [4.69, 9.17) is 16.3 Å². The third-order valence-corrected chi connectivity index (χ3v) is 5.46. The third-order valence-electron chi connectivity index (χ3n) is 5.22. The Hall–Kier alpha value is -4.04. The molecule has 2 amide bonds. The molecule has 0 radical (unpaired) electrons. The monoisotopic (exact) mass is 480 g/mol. The third kappa shape index (κ3) is 5.13. The van der Waals surface area contributed by atoms with Crippen LogP contribution in [0.1, 0.15) is 33.8 Å². The second kappa shape index (κ2) is 9.84. The van der Waals surface area contributed by atoms with Crippen molar-refractivity contribution in [1.29, 1.82) is 0 Å². The van der Waals surface area contributed by atoms with Gasteiger partial charge in [-0.3, -0.25) is 19.2 Å². The molecular formula is C25H18ClFN2O5. The van der Waals surface area contributed by atoms with Crippen molar-refractivity contribution < 1.29 is 28.3 Å². The van der Waals surface area contributed by atoms with Gasteiger partial charge in [-0.05, 0) is 35.9 Å². The first kappa shape index (κ1) is 23.1. The number of hydrogen-bond acceptors (Lipinski definition) is 5. The largest absolute Gasteiger partial charge is 0.455 e. The Kier molecular flexibility index (Phi) is 6.70. The first-order valence-electron chi connectivity index (χ1n) is 10.3. The summed E-state index contributed by atoms with van der Waals surface area (Å²) in [5.41, 5.74) is 1.39. The van der Waals surface area contributed by atoms with Gasteiger partial charge in [0.1, 0.15) is 5.82 Å². The summed E-state index contributed by atoms with van der Waals surface area (Å²) in [5, 5.41) is 5.38. The Morgan fingerprint density at radius 3 is 2.59 bits per heavy atom. The molecule has 0 saturated carbocycles. The van der Waals surface area contributed by atoms with Crippen molar-refractivity contribution >= 4 is 46.5 Å². The fraction of sp³-hybridized carbons (Fsp3) is 0.120. The molecule has 4 rings (SSSR count). The van der Waals surface area contributed by atoms with E-state index in [1.807, 2.05) is 0 Å². The highest BCUT2D eigenvalue weighted by Crippen LogP contribution is 2.33. The Morgan fingerprint density at radius 2 is 1.82 bits per heavy atom. The van der Waals surface area contributed by atoms with Gasteiger partial charge in [0.2, 0.25) is 5.91 Å². The van der Waals surface area contributed by atoms with Crippen LogP contribution in [0, 0.1) is 5.82 Å². The Balaban J connectivity index is 1.45. The number of ether oxygens (including phenoxy) is 1. The van der Waals surface area contributed by atoms with Crippen molar-refractivity contribution in [3.05, 3.63) is 94.3 Å². The van der Waals surface area contributed by atoms with Crippen molar-refractivity contribution in [2.24, 2.45) is 0 Å². The van der Waals surface area contributed by atoms with Gasteiger partial charge >= 0.3 is 5.97 Å². The van der Waals surface area contributed by atoms with Gasteiger partial charge in [0.15, 0.2) is 12.4 Å². The summed E-state index contributed by atoms with van der Waals surface area (Å²) in [7, 11) is 0. The second-order valence-corrected chi connectivity index (χ2v) is 8.01. The Labute approximate surface area is 198 Å². The highest BCUT2D eigenvalue weighted by molar-refractivity contribution is 6.31. The summed E-state index contributed by atoms with van der Waals surface area (Å²) >= 11 is 6.05. The fourth-order valence-electron chi connectivity index (χ4n) is 3.63. The lowest BCUT2D eigenvalue weighted by Gasteiger charge is -2.24. The minimum atomic E-state index is -0.970. The summed E-state index contributed by atoms with van der Waals surface area (Å²) in [4.78, 5) is 49.9. The van der Waals surface area contributed by atoms with Crippen LogP contribution < -0.4 is 10.6 Å². The number of carbonyl (C=O) groups is 4. The molecule has 0 fully saturated rings. The van der Waals surface area contributed by atoms with Crippen LogP contribution in [0.5, 0.6) is 0 Å². The number of nitrogens with one attached hydrogen (secondary N) is 2. The number of benzene rings is 3. The number of halogens is 2. The van der Waals surface area contributed by atoms with E-state index in [1.54, 1.807) is 30.3 Å². The van der Waals surface area contributed by atoms with E-state index in [0.29, 0.717) is 16.1 Å². The van der Waals surface area contributed by atoms with Crippen LogP contribution in [0.15, 0.2) is 66.7 Å². The lowest BCUT2D eigenvalue weighted by Crippen LogP contribution is -2.30. The first-order chi connectivity index (χ1) is 16.3. The maximum absolute atomic E-state index is 13.5. The molecule has 34 heavy (non-hydrogen) atoms. The fourth-order valence-corrected chi connectivity index (χ4v) is 3.80. The van der Waals surface area contributed by atoms with Crippen LogP contribution in [0.3, 0.4) is 0 Å². The van der Waals surface area contributed by atoms with Gasteiger partial charge in [0.25, 0.3) is 5.91 Å². The summed E-state index contributed by atoms with van der Waals surface area (Å²) in [6, 6.07) is 16.6. The molecule has 9 heteroatoms. The molecule has 0 aliphatic carbocycles. The minimum Gasteiger partial charge on any atom is -0.455 e. The molecule has 0 bridgehead atoms. The van der Waals surface area contributed by atoms with E-state index >= 15 is 0 Å². The lowest BCUT2D eigenvalue weighted by molar-refractivity contribution is -0.149. The summed E-state index contributed by atoms with van der Waals surface area (Å²) in [6.07, 6.45) is -0.188. The Morgan fingerprint density at radius 1 is 1.06 bits per heavy atom. The van der Waals surface area contributed by atoms with Gasteiger partial charge in [-0.25, -0.2) is 4.39 Å². The molecule has 1 aliphatic heterocycles. The van der Waals surface area contributed by atoms with Crippen LogP contribution in [0.2, 0.25) is 5.02 Å². The maximum Gasteiger partial charge on any atom is 0.314 e. The van der Waals surface area contributed by atoms with E-state index in [1.165, 1.54) is 30.3 Å². The maximum atomic E-state index is 13.5. The average Bonchev–Trinajstić information content (AvgIpc) is 2.83. The smallest absolute Gasteiger partial charge is 0.314 e. The zero-order valence-corrected chi connectivity index (χ0v) is 18.4. The minimum absolute atomic E-state index is 0.179.